The Labute approximate surface area is 198 Å². The topological polar surface area (TPSA) is 37.8 Å². The maximum Gasteiger partial charge on any atom is 0.417 e. The van der Waals surface area contributed by atoms with Crippen molar-refractivity contribution in [2.75, 3.05) is 5.32 Å². The normalized spacial score (nSPS) is 12.4. The van der Waals surface area contributed by atoms with E-state index in [-0.39, 0.29) is 16.9 Å². The zero-order chi connectivity index (χ0) is 24.7. The molecule has 176 valence electrons. The van der Waals surface area contributed by atoms with E-state index in [1.165, 1.54) is 17.7 Å². The molecular formula is C28H28F3N3. The van der Waals surface area contributed by atoms with Crippen molar-refractivity contribution in [3.8, 4) is 11.1 Å². The molecule has 3 aromatic carbocycles. The number of hydrogen-bond donors (Lipinski definition) is 1. The van der Waals surface area contributed by atoms with E-state index in [4.69, 9.17) is 4.98 Å². The SMILES string of the molecule is CC(C)c1nc(Nc2ccc(C(C)(C)C)cc2)c2ccc(-c3ccccc3C(F)(F)F)cc2n1. The van der Waals surface area contributed by atoms with E-state index in [9.17, 15) is 13.2 Å². The number of alkyl halides is 3. The molecule has 0 radical (unpaired) electrons. The summed E-state index contributed by atoms with van der Waals surface area (Å²) in [5.74, 6) is 1.31. The first-order valence-electron chi connectivity index (χ1n) is 11.3. The van der Waals surface area contributed by atoms with Crippen LogP contribution < -0.4 is 5.32 Å². The number of benzene rings is 3. The number of halogens is 3. The average molecular weight is 464 g/mol. The number of hydrogen-bond acceptors (Lipinski definition) is 3. The zero-order valence-corrected chi connectivity index (χ0v) is 20.0. The van der Waals surface area contributed by atoms with Gasteiger partial charge in [0.15, 0.2) is 0 Å². The fourth-order valence-electron chi connectivity index (χ4n) is 3.84. The zero-order valence-electron chi connectivity index (χ0n) is 20.0. The summed E-state index contributed by atoms with van der Waals surface area (Å²) in [6.07, 6.45) is -4.44. The minimum Gasteiger partial charge on any atom is -0.340 e. The molecule has 0 aliphatic rings. The van der Waals surface area contributed by atoms with E-state index in [2.05, 4.69) is 43.2 Å². The summed E-state index contributed by atoms with van der Waals surface area (Å²) in [6, 6.07) is 19.0. The van der Waals surface area contributed by atoms with Crippen molar-refractivity contribution >= 4 is 22.4 Å². The van der Waals surface area contributed by atoms with Gasteiger partial charge in [-0.3, -0.25) is 0 Å². The first kappa shape index (κ1) is 23.7. The predicted octanol–water partition coefficient (Wildman–Crippen LogP) is 8.48. The summed E-state index contributed by atoms with van der Waals surface area (Å²) in [5, 5.41) is 4.13. The van der Waals surface area contributed by atoms with E-state index in [0.717, 1.165) is 17.1 Å². The molecule has 0 amide bonds. The van der Waals surface area contributed by atoms with E-state index in [0.29, 0.717) is 22.7 Å². The van der Waals surface area contributed by atoms with Crippen LogP contribution in [0.2, 0.25) is 0 Å². The highest BCUT2D eigenvalue weighted by atomic mass is 19.4. The standard InChI is InChI=1S/C28H28F3N3/c1-17(2)25-33-24-16-18(21-8-6-7-9-23(21)28(29,30)31)10-15-22(24)26(34-25)32-20-13-11-19(12-14-20)27(3,4)5/h6-17H,1-5H3,(H,32,33,34). The Balaban J connectivity index is 1.80. The molecule has 4 rings (SSSR count). The number of anilines is 2. The third kappa shape index (κ3) is 4.91. The van der Waals surface area contributed by atoms with Gasteiger partial charge in [-0.2, -0.15) is 13.2 Å². The third-order valence-electron chi connectivity index (χ3n) is 5.79. The lowest BCUT2D eigenvalue weighted by Gasteiger charge is -2.19. The Kier molecular flexibility index (Phi) is 6.11. The van der Waals surface area contributed by atoms with Crippen LogP contribution in [0.5, 0.6) is 0 Å². The van der Waals surface area contributed by atoms with Gasteiger partial charge < -0.3 is 5.32 Å². The second-order valence-corrected chi connectivity index (χ2v) is 9.81. The molecule has 0 saturated heterocycles. The van der Waals surface area contributed by atoms with Crippen molar-refractivity contribution in [2.45, 2.75) is 52.1 Å². The van der Waals surface area contributed by atoms with Gasteiger partial charge in [0.2, 0.25) is 0 Å². The highest BCUT2D eigenvalue weighted by molar-refractivity contribution is 5.94. The molecule has 6 heteroatoms. The van der Waals surface area contributed by atoms with Crippen LogP contribution in [-0.2, 0) is 11.6 Å². The summed E-state index contributed by atoms with van der Waals surface area (Å²) in [6.45, 7) is 10.5. The molecule has 0 spiro atoms. The molecule has 0 atom stereocenters. The third-order valence-corrected chi connectivity index (χ3v) is 5.79. The van der Waals surface area contributed by atoms with Crippen molar-refractivity contribution in [1.82, 2.24) is 9.97 Å². The van der Waals surface area contributed by atoms with Crippen molar-refractivity contribution < 1.29 is 13.2 Å². The van der Waals surface area contributed by atoms with Crippen molar-refractivity contribution in [3.05, 3.63) is 83.7 Å². The molecule has 0 fully saturated rings. The van der Waals surface area contributed by atoms with Crippen LogP contribution in [0.25, 0.3) is 22.0 Å². The Bertz CT molecular complexity index is 1320. The van der Waals surface area contributed by atoms with Crippen molar-refractivity contribution in [1.29, 1.82) is 0 Å². The van der Waals surface area contributed by atoms with Crippen LogP contribution in [0.15, 0.2) is 66.7 Å². The van der Waals surface area contributed by atoms with Crippen LogP contribution in [-0.4, -0.2) is 9.97 Å². The quantitative estimate of drug-likeness (QED) is 0.330. The molecule has 1 aromatic heterocycles. The van der Waals surface area contributed by atoms with Crippen molar-refractivity contribution in [3.63, 3.8) is 0 Å². The maximum atomic E-state index is 13.6. The lowest BCUT2D eigenvalue weighted by molar-refractivity contribution is -0.137. The first-order chi connectivity index (χ1) is 15.9. The predicted molar refractivity (Wildman–Crippen MR) is 132 cm³/mol. The van der Waals surface area contributed by atoms with Crippen LogP contribution in [0.3, 0.4) is 0 Å². The molecule has 0 saturated carbocycles. The molecule has 1 N–H and O–H groups in total. The summed E-state index contributed by atoms with van der Waals surface area (Å²) < 4.78 is 40.8. The van der Waals surface area contributed by atoms with Crippen LogP contribution in [0.1, 0.15) is 57.5 Å². The van der Waals surface area contributed by atoms with Gasteiger partial charge in [0.1, 0.15) is 11.6 Å². The highest BCUT2D eigenvalue weighted by Gasteiger charge is 2.33. The molecule has 0 aliphatic heterocycles. The Morgan fingerprint density at radius 3 is 2.12 bits per heavy atom. The summed E-state index contributed by atoms with van der Waals surface area (Å²) in [5.41, 5.74) is 2.69. The monoisotopic (exact) mass is 463 g/mol. The average Bonchev–Trinajstić information content (AvgIpc) is 2.77. The van der Waals surface area contributed by atoms with Crippen LogP contribution in [0, 0.1) is 0 Å². The Morgan fingerprint density at radius 1 is 0.824 bits per heavy atom. The molecule has 4 aromatic rings. The summed E-state index contributed by atoms with van der Waals surface area (Å²) in [7, 11) is 0. The minimum atomic E-state index is -4.44. The second-order valence-electron chi connectivity index (χ2n) is 9.81. The molecule has 3 nitrogen and oxygen atoms in total. The van der Waals surface area contributed by atoms with E-state index < -0.39 is 11.7 Å². The maximum absolute atomic E-state index is 13.6. The van der Waals surface area contributed by atoms with Gasteiger partial charge >= 0.3 is 6.18 Å². The van der Waals surface area contributed by atoms with Crippen molar-refractivity contribution in [2.24, 2.45) is 0 Å². The van der Waals surface area contributed by atoms with Crippen LogP contribution >= 0.6 is 0 Å². The Morgan fingerprint density at radius 2 is 1.50 bits per heavy atom. The smallest absolute Gasteiger partial charge is 0.340 e. The minimum absolute atomic E-state index is 0.0497. The van der Waals surface area contributed by atoms with E-state index in [1.807, 2.05) is 26.0 Å². The Hall–Kier alpha value is -3.41. The van der Waals surface area contributed by atoms with Crippen LogP contribution in [0.4, 0.5) is 24.7 Å². The number of aromatic nitrogens is 2. The molecular weight excluding hydrogens is 435 g/mol. The number of rotatable bonds is 4. The number of nitrogens with one attached hydrogen (secondary N) is 1. The molecule has 34 heavy (non-hydrogen) atoms. The molecule has 0 bridgehead atoms. The summed E-state index contributed by atoms with van der Waals surface area (Å²) in [4.78, 5) is 9.39. The van der Waals surface area contributed by atoms with Gasteiger partial charge in [0.05, 0.1) is 11.1 Å². The van der Waals surface area contributed by atoms with E-state index in [1.54, 1.807) is 24.3 Å². The fourth-order valence-corrected chi connectivity index (χ4v) is 3.84. The van der Waals surface area contributed by atoms with Gasteiger partial charge in [-0.15, -0.1) is 0 Å². The fraction of sp³-hybridized carbons (Fsp3) is 0.286. The second kappa shape index (κ2) is 8.75. The largest absolute Gasteiger partial charge is 0.417 e. The number of nitrogens with zero attached hydrogens (tertiary/aromatic N) is 2. The lowest BCUT2D eigenvalue weighted by Crippen LogP contribution is -2.10. The molecule has 1 heterocycles. The lowest BCUT2D eigenvalue weighted by atomic mass is 9.87. The molecule has 0 aliphatic carbocycles. The highest BCUT2D eigenvalue weighted by Crippen LogP contribution is 2.38. The van der Waals surface area contributed by atoms with Gasteiger partial charge in [0.25, 0.3) is 0 Å². The van der Waals surface area contributed by atoms with E-state index >= 15 is 0 Å². The van der Waals surface area contributed by atoms with Gasteiger partial charge in [-0.05, 0) is 52.4 Å². The molecule has 0 unspecified atom stereocenters. The van der Waals surface area contributed by atoms with Gasteiger partial charge in [-0.25, -0.2) is 9.97 Å². The van der Waals surface area contributed by atoms with Gasteiger partial charge in [0, 0.05) is 17.0 Å². The number of fused-ring (bicyclic) bond motifs is 1. The first-order valence-corrected chi connectivity index (χ1v) is 11.3. The summed E-state index contributed by atoms with van der Waals surface area (Å²) >= 11 is 0. The van der Waals surface area contributed by atoms with Gasteiger partial charge in [-0.1, -0.05) is 71.0 Å².